The zero-order valence-electron chi connectivity index (χ0n) is 12.4. The van der Waals surface area contributed by atoms with Crippen molar-refractivity contribution in [3.05, 3.63) is 46.0 Å². The summed E-state index contributed by atoms with van der Waals surface area (Å²) < 4.78 is 10.0. The number of ether oxygens (including phenoxy) is 1. The molecule has 1 spiro atoms. The van der Waals surface area contributed by atoms with Gasteiger partial charge in [-0.15, -0.1) is 5.10 Å². The molecule has 1 fully saturated rings. The van der Waals surface area contributed by atoms with Gasteiger partial charge in [-0.1, -0.05) is 28.8 Å². The number of carbonyl (C=O) groups is 1. The molecule has 114 valence electrons. The fourth-order valence-corrected chi connectivity index (χ4v) is 4.12. The first-order chi connectivity index (χ1) is 10.7. The summed E-state index contributed by atoms with van der Waals surface area (Å²) in [6, 6.07) is 8.41. The predicted molar refractivity (Wildman–Crippen MR) is 82.9 cm³/mol. The van der Waals surface area contributed by atoms with Crippen LogP contribution in [-0.2, 0) is 16.8 Å². The zero-order chi connectivity index (χ0) is 15.2. The maximum absolute atomic E-state index is 12.7. The van der Waals surface area contributed by atoms with Gasteiger partial charge in [-0.2, -0.15) is 0 Å². The minimum atomic E-state index is -0.337. The Morgan fingerprint density at radius 2 is 2.27 bits per heavy atom. The Bertz CT molecular complexity index is 726. The lowest BCUT2D eigenvalue weighted by Gasteiger charge is -2.41. The molecule has 1 saturated heterocycles. The molecule has 2 heterocycles. The van der Waals surface area contributed by atoms with Crippen LogP contribution in [0, 0.1) is 6.92 Å². The van der Waals surface area contributed by atoms with Crippen LogP contribution in [0.3, 0.4) is 0 Å². The molecule has 2 aliphatic rings. The number of nitrogens with zero attached hydrogens (tertiary/aromatic N) is 3. The SMILES string of the molecule is Cc1nnsc1C(=O)N1CCOC2(CCc3ccccc32)C1. The average molecular weight is 315 g/mol. The van der Waals surface area contributed by atoms with Crippen LogP contribution in [0.15, 0.2) is 24.3 Å². The molecule has 1 aromatic carbocycles. The number of benzene rings is 1. The molecule has 2 aromatic rings. The predicted octanol–water partition coefficient (Wildman–Crippen LogP) is 2.16. The van der Waals surface area contributed by atoms with Gasteiger partial charge in [-0.05, 0) is 42.4 Å². The summed E-state index contributed by atoms with van der Waals surface area (Å²) >= 11 is 1.17. The zero-order valence-corrected chi connectivity index (χ0v) is 13.2. The second-order valence-electron chi connectivity index (χ2n) is 5.91. The molecule has 1 amide bonds. The van der Waals surface area contributed by atoms with E-state index in [4.69, 9.17) is 4.74 Å². The van der Waals surface area contributed by atoms with Crippen LogP contribution in [0.2, 0.25) is 0 Å². The highest BCUT2D eigenvalue weighted by atomic mass is 32.1. The van der Waals surface area contributed by atoms with Gasteiger partial charge in [0.2, 0.25) is 0 Å². The summed E-state index contributed by atoms with van der Waals surface area (Å²) in [5.41, 5.74) is 2.96. The monoisotopic (exact) mass is 315 g/mol. The summed E-state index contributed by atoms with van der Waals surface area (Å²) in [5.74, 6) is 0.0274. The van der Waals surface area contributed by atoms with E-state index >= 15 is 0 Å². The first kappa shape index (κ1) is 13.8. The lowest BCUT2D eigenvalue weighted by Crippen LogP contribution is -2.51. The van der Waals surface area contributed by atoms with Crippen LogP contribution in [0.4, 0.5) is 0 Å². The van der Waals surface area contributed by atoms with E-state index in [1.807, 2.05) is 17.9 Å². The highest BCUT2D eigenvalue weighted by molar-refractivity contribution is 7.07. The maximum Gasteiger partial charge on any atom is 0.267 e. The fourth-order valence-electron chi connectivity index (χ4n) is 3.50. The lowest BCUT2D eigenvalue weighted by molar-refractivity contribution is -0.103. The Balaban J connectivity index is 1.64. The molecule has 4 rings (SSSR count). The van der Waals surface area contributed by atoms with Crippen molar-refractivity contribution in [1.29, 1.82) is 0 Å². The number of aromatic nitrogens is 2. The number of morpholine rings is 1. The summed E-state index contributed by atoms with van der Waals surface area (Å²) in [6.07, 6.45) is 1.95. The Morgan fingerprint density at radius 1 is 1.41 bits per heavy atom. The molecule has 1 aromatic heterocycles. The van der Waals surface area contributed by atoms with Gasteiger partial charge in [0.25, 0.3) is 5.91 Å². The van der Waals surface area contributed by atoms with Crippen LogP contribution >= 0.6 is 11.5 Å². The molecule has 0 N–H and O–H groups in total. The third kappa shape index (κ3) is 2.06. The standard InChI is InChI=1S/C16H17N3O2S/c1-11-14(22-18-17-11)15(20)19-8-9-21-16(10-19)7-6-12-4-2-3-5-13(12)16/h2-5H,6-10H2,1H3. The van der Waals surface area contributed by atoms with E-state index in [9.17, 15) is 4.79 Å². The molecular formula is C16H17N3O2S. The molecule has 0 radical (unpaired) electrons. The number of amides is 1. The van der Waals surface area contributed by atoms with E-state index in [0.29, 0.717) is 30.3 Å². The van der Waals surface area contributed by atoms with E-state index in [1.54, 1.807) is 0 Å². The van der Waals surface area contributed by atoms with Gasteiger partial charge in [-0.3, -0.25) is 4.79 Å². The molecule has 1 aliphatic heterocycles. The Hall–Kier alpha value is -1.79. The van der Waals surface area contributed by atoms with E-state index in [2.05, 4.69) is 27.8 Å². The third-order valence-electron chi connectivity index (χ3n) is 4.63. The van der Waals surface area contributed by atoms with Crippen LogP contribution in [-0.4, -0.2) is 40.1 Å². The lowest BCUT2D eigenvalue weighted by atomic mass is 9.93. The van der Waals surface area contributed by atoms with Crippen molar-refractivity contribution in [2.24, 2.45) is 0 Å². The molecule has 0 saturated carbocycles. The second kappa shape index (κ2) is 5.14. The van der Waals surface area contributed by atoms with E-state index in [1.165, 1.54) is 22.7 Å². The largest absolute Gasteiger partial charge is 0.367 e. The minimum Gasteiger partial charge on any atom is -0.367 e. The molecule has 0 bridgehead atoms. The van der Waals surface area contributed by atoms with Gasteiger partial charge in [0, 0.05) is 6.54 Å². The summed E-state index contributed by atoms with van der Waals surface area (Å²) in [5, 5.41) is 3.95. The van der Waals surface area contributed by atoms with Crippen LogP contribution in [0.25, 0.3) is 0 Å². The van der Waals surface area contributed by atoms with Crippen molar-refractivity contribution in [1.82, 2.24) is 14.5 Å². The Labute approximate surface area is 133 Å². The van der Waals surface area contributed by atoms with Crippen LogP contribution in [0.1, 0.15) is 32.9 Å². The van der Waals surface area contributed by atoms with Gasteiger partial charge in [0.05, 0.1) is 18.8 Å². The molecular weight excluding hydrogens is 298 g/mol. The van der Waals surface area contributed by atoms with Crippen molar-refractivity contribution in [2.45, 2.75) is 25.4 Å². The Kier molecular flexibility index (Phi) is 3.23. The first-order valence-electron chi connectivity index (χ1n) is 7.50. The van der Waals surface area contributed by atoms with Crippen LogP contribution in [0.5, 0.6) is 0 Å². The number of fused-ring (bicyclic) bond motifs is 2. The molecule has 1 atom stereocenters. The molecule has 5 nitrogen and oxygen atoms in total. The van der Waals surface area contributed by atoms with E-state index in [-0.39, 0.29) is 11.5 Å². The van der Waals surface area contributed by atoms with Gasteiger partial charge in [-0.25, -0.2) is 0 Å². The van der Waals surface area contributed by atoms with Crippen molar-refractivity contribution < 1.29 is 9.53 Å². The maximum atomic E-state index is 12.7. The van der Waals surface area contributed by atoms with Gasteiger partial charge >= 0.3 is 0 Å². The van der Waals surface area contributed by atoms with Gasteiger partial charge < -0.3 is 9.64 Å². The third-order valence-corrected chi connectivity index (χ3v) is 5.44. The van der Waals surface area contributed by atoms with Crippen molar-refractivity contribution >= 4 is 17.4 Å². The topological polar surface area (TPSA) is 55.3 Å². The fraction of sp³-hybridized carbons (Fsp3) is 0.438. The first-order valence-corrected chi connectivity index (χ1v) is 8.27. The summed E-state index contributed by atoms with van der Waals surface area (Å²) in [7, 11) is 0. The number of hydrogen-bond acceptors (Lipinski definition) is 5. The highest BCUT2D eigenvalue weighted by Crippen LogP contribution is 2.42. The smallest absolute Gasteiger partial charge is 0.267 e. The summed E-state index contributed by atoms with van der Waals surface area (Å²) in [6.45, 7) is 3.64. The molecule has 22 heavy (non-hydrogen) atoms. The van der Waals surface area contributed by atoms with E-state index < -0.39 is 0 Å². The highest BCUT2D eigenvalue weighted by Gasteiger charge is 2.44. The molecule has 1 unspecified atom stereocenters. The van der Waals surface area contributed by atoms with Gasteiger partial charge in [0.15, 0.2) is 0 Å². The van der Waals surface area contributed by atoms with Crippen molar-refractivity contribution in [3.63, 3.8) is 0 Å². The van der Waals surface area contributed by atoms with Crippen molar-refractivity contribution in [3.8, 4) is 0 Å². The number of hydrogen-bond donors (Lipinski definition) is 0. The summed E-state index contributed by atoms with van der Waals surface area (Å²) in [4.78, 5) is 15.3. The number of carbonyl (C=O) groups excluding carboxylic acids is 1. The second-order valence-corrected chi connectivity index (χ2v) is 6.67. The average Bonchev–Trinajstić information content (AvgIpc) is 3.12. The van der Waals surface area contributed by atoms with E-state index in [0.717, 1.165) is 12.8 Å². The van der Waals surface area contributed by atoms with Crippen molar-refractivity contribution in [2.75, 3.05) is 19.7 Å². The molecule has 1 aliphatic carbocycles. The van der Waals surface area contributed by atoms with Crippen LogP contribution < -0.4 is 0 Å². The number of rotatable bonds is 1. The quantitative estimate of drug-likeness (QED) is 0.809. The minimum absolute atomic E-state index is 0.0274. The molecule has 6 heteroatoms. The van der Waals surface area contributed by atoms with Gasteiger partial charge in [0.1, 0.15) is 10.5 Å². The Morgan fingerprint density at radius 3 is 3.09 bits per heavy atom. The normalized spacial score (nSPS) is 23.8. The number of aryl methyl sites for hydroxylation is 2.